The first-order valence-electron chi connectivity index (χ1n) is 16.5. The van der Waals surface area contributed by atoms with E-state index < -0.39 is 35.6 Å². The molecule has 0 radical (unpaired) electrons. The molecular weight excluding hydrogens is 687 g/mol. The Morgan fingerprint density at radius 3 is 1.84 bits per heavy atom. The molecule has 3 N–H and O–H groups in total. The zero-order chi connectivity index (χ0) is 35.8. The zero-order valence-electron chi connectivity index (χ0n) is 27.6. The maximum Gasteiger partial charge on any atom is 0.407 e. The van der Waals surface area contributed by atoms with Gasteiger partial charge < -0.3 is 23.9 Å². The van der Waals surface area contributed by atoms with Crippen molar-refractivity contribution in [1.29, 1.82) is 0 Å². The van der Waals surface area contributed by atoms with Gasteiger partial charge >= 0.3 is 22.4 Å². The van der Waals surface area contributed by atoms with Gasteiger partial charge in [0.1, 0.15) is 12.6 Å². The van der Waals surface area contributed by atoms with Crippen molar-refractivity contribution < 1.29 is 36.6 Å². The van der Waals surface area contributed by atoms with E-state index in [1.165, 1.54) is 6.07 Å². The number of nitrogens with one attached hydrogen (secondary N) is 2. The number of ether oxygens (including phenoxy) is 1. The van der Waals surface area contributed by atoms with Crippen molar-refractivity contribution in [2.75, 3.05) is 13.2 Å². The van der Waals surface area contributed by atoms with E-state index in [9.17, 15) is 27.7 Å². The number of amides is 1. The Bertz CT molecular complexity index is 2070. The Kier molecular flexibility index (Phi) is 11.0. The van der Waals surface area contributed by atoms with Gasteiger partial charge in [0.15, 0.2) is 12.9 Å². The van der Waals surface area contributed by atoms with Gasteiger partial charge in [-0.3, -0.25) is 0 Å². The molecule has 0 saturated carbocycles. The van der Waals surface area contributed by atoms with Crippen molar-refractivity contribution >= 4 is 45.4 Å². The van der Waals surface area contributed by atoms with Crippen LogP contribution in [0.1, 0.15) is 36.3 Å². The number of fused-ring (bicyclic) bond motifs is 3. The van der Waals surface area contributed by atoms with Gasteiger partial charge in [0, 0.05) is 23.1 Å². The predicted molar refractivity (Wildman–Crippen MR) is 197 cm³/mol. The highest BCUT2D eigenvalue weighted by molar-refractivity contribution is 7.86. The zero-order valence-corrected chi connectivity index (χ0v) is 29.3. The first-order chi connectivity index (χ1) is 24.7. The number of alkyl carbamates (subject to hydrolysis) is 1. The number of benzene rings is 5. The first-order valence-corrected chi connectivity index (χ1v) is 19.6. The van der Waals surface area contributed by atoms with Gasteiger partial charge in [-0.1, -0.05) is 121 Å². The highest BCUT2D eigenvalue weighted by Gasteiger charge is 2.34. The normalized spacial score (nSPS) is 13.1. The van der Waals surface area contributed by atoms with E-state index >= 15 is 0 Å². The molecule has 51 heavy (non-hydrogen) atoms. The van der Waals surface area contributed by atoms with Gasteiger partial charge in [-0.05, 0) is 53.6 Å². The van der Waals surface area contributed by atoms with E-state index in [0.717, 1.165) is 22.3 Å². The second-order valence-electron chi connectivity index (χ2n) is 12.0. The monoisotopic (exact) mass is 724 g/mol. The summed E-state index contributed by atoms with van der Waals surface area (Å²) < 4.78 is 54.3. The minimum absolute atomic E-state index is 0.0439. The number of carbonyl (C=O) groups is 2. The van der Waals surface area contributed by atoms with Crippen LogP contribution in [-0.4, -0.2) is 44.8 Å². The molecule has 0 fully saturated rings. The number of carboxylic acid groups (broad SMARTS) is 1. The summed E-state index contributed by atoms with van der Waals surface area (Å²) >= 11 is 0. The summed E-state index contributed by atoms with van der Waals surface area (Å²) in [6, 6.07) is 38.6. The number of para-hydroxylation sites is 1. The van der Waals surface area contributed by atoms with E-state index in [1.807, 2.05) is 60.7 Å². The standard InChI is InChI=1S/C39H37N2O8PS/c42-38(43)35(41-39(44)48-27-34-32-21-9-7-19-30(32)31-20-8-10-22-33(31)34)23-13-14-26-40-51(46,47)49-36-24-11-12-25-37(36)50(45,28-15-3-1-4-16-28)29-17-5-2-6-18-29/h1-12,15-22,24-25,34-35,40H,13-14,23,26-27H2,(H,41,44)(H,42,43)/t35-/m0/s1. The lowest BCUT2D eigenvalue weighted by Crippen LogP contribution is -2.41. The SMILES string of the molecule is O=C(N[C@@H](CCCCNS(=O)(=O)Oc1ccccc1P(=O)(c1ccccc1)c1ccccc1)C(=O)O)OCC1c2ccccc2-c2ccccc21. The van der Waals surface area contributed by atoms with Crippen LogP contribution in [0.4, 0.5) is 4.79 Å². The Labute approximate surface area is 297 Å². The molecule has 0 aromatic heterocycles. The lowest BCUT2D eigenvalue weighted by molar-refractivity contribution is -0.139. The summed E-state index contributed by atoms with van der Waals surface area (Å²) in [5, 5.41) is 13.5. The third kappa shape index (κ3) is 8.07. The molecule has 12 heteroatoms. The van der Waals surface area contributed by atoms with Crippen molar-refractivity contribution in [3.05, 3.63) is 145 Å². The van der Waals surface area contributed by atoms with Crippen LogP contribution in [0.5, 0.6) is 5.75 Å². The number of hydrogen-bond donors (Lipinski definition) is 3. The molecule has 0 saturated heterocycles. The largest absolute Gasteiger partial charge is 0.480 e. The number of aliphatic carboxylic acids is 1. The van der Waals surface area contributed by atoms with Crippen LogP contribution in [0.15, 0.2) is 133 Å². The second-order valence-corrected chi connectivity index (χ2v) is 16.1. The second kappa shape index (κ2) is 15.8. The summed E-state index contributed by atoms with van der Waals surface area (Å²) in [7, 11) is -7.88. The molecule has 1 aliphatic carbocycles. The summed E-state index contributed by atoms with van der Waals surface area (Å²) in [4.78, 5) is 24.6. The maximum atomic E-state index is 14.8. The fourth-order valence-corrected chi connectivity index (χ4v) is 10.0. The average molecular weight is 725 g/mol. The number of carbonyl (C=O) groups excluding carboxylic acids is 1. The maximum absolute atomic E-state index is 14.8. The van der Waals surface area contributed by atoms with Crippen LogP contribution in [0, 0.1) is 0 Å². The van der Waals surface area contributed by atoms with Gasteiger partial charge in [-0.15, -0.1) is 0 Å². The van der Waals surface area contributed by atoms with Crippen LogP contribution < -0.4 is 30.1 Å². The van der Waals surface area contributed by atoms with Crippen LogP contribution in [0.25, 0.3) is 11.1 Å². The third-order valence-electron chi connectivity index (χ3n) is 8.78. The van der Waals surface area contributed by atoms with Crippen molar-refractivity contribution in [3.63, 3.8) is 0 Å². The van der Waals surface area contributed by atoms with E-state index in [0.29, 0.717) is 10.6 Å². The van der Waals surface area contributed by atoms with Crippen molar-refractivity contribution in [1.82, 2.24) is 10.0 Å². The Balaban J connectivity index is 1.03. The molecule has 0 bridgehead atoms. The van der Waals surface area contributed by atoms with Crippen molar-refractivity contribution in [2.24, 2.45) is 0 Å². The molecule has 1 aliphatic rings. The minimum Gasteiger partial charge on any atom is -0.480 e. The highest BCUT2D eigenvalue weighted by atomic mass is 32.2. The molecule has 5 aromatic rings. The topological polar surface area (TPSA) is 148 Å². The quantitative estimate of drug-likeness (QED) is 0.0921. The molecule has 5 aromatic carbocycles. The highest BCUT2D eigenvalue weighted by Crippen LogP contribution is 2.46. The van der Waals surface area contributed by atoms with Gasteiger partial charge in [0.05, 0.1) is 5.30 Å². The number of carboxylic acids is 1. The Morgan fingerprint density at radius 2 is 1.25 bits per heavy atom. The van der Waals surface area contributed by atoms with Gasteiger partial charge in [-0.25, -0.2) is 9.59 Å². The van der Waals surface area contributed by atoms with Gasteiger partial charge in [0.2, 0.25) is 0 Å². The molecule has 10 nitrogen and oxygen atoms in total. The molecule has 262 valence electrons. The molecule has 0 heterocycles. The fourth-order valence-electron chi connectivity index (χ4n) is 6.35. The molecule has 1 atom stereocenters. The number of rotatable bonds is 15. The molecule has 6 rings (SSSR count). The average Bonchev–Trinajstić information content (AvgIpc) is 3.47. The van der Waals surface area contributed by atoms with Crippen molar-refractivity contribution in [2.45, 2.75) is 31.2 Å². The molecular formula is C39H37N2O8PS. The van der Waals surface area contributed by atoms with Crippen molar-refractivity contribution in [3.8, 4) is 16.9 Å². The van der Waals surface area contributed by atoms with E-state index in [4.69, 9.17) is 8.92 Å². The molecule has 0 unspecified atom stereocenters. The molecule has 0 aliphatic heterocycles. The summed E-state index contributed by atoms with van der Waals surface area (Å²) in [5.74, 6) is -1.47. The number of unbranched alkanes of at least 4 members (excludes halogenated alkanes) is 1. The van der Waals surface area contributed by atoms with Gasteiger partial charge in [0.25, 0.3) is 0 Å². The van der Waals surface area contributed by atoms with E-state index in [2.05, 4.69) is 10.0 Å². The predicted octanol–water partition coefficient (Wildman–Crippen LogP) is 5.70. The lowest BCUT2D eigenvalue weighted by atomic mass is 9.98. The van der Waals surface area contributed by atoms with Crippen LogP contribution in [0.3, 0.4) is 0 Å². The minimum atomic E-state index is -4.35. The molecule has 1 amide bonds. The lowest BCUT2D eigenvalue weighted by Gasteiger charge is -2.22. The Morgan fingerprint density at radius 1 is 0.725 bits per heavy atom. The van der Waals surface area contributed by atoms with E-state index in [-0.39, 0.29) is 49.4 Å². The van der Waals surface area contributed by atoms with E-state index in [1.54, 1.807) is 66.7 Å². The molecule has 0 spiro atoms. The first kappa shape index (κ1) is 35.6. The third-order valence-corrected chi connectivity index (χ3v) is 12.8. The number of hydrogen-bond acceptors (Lipinski definition) is 7. The summed E-state index contributed by atoms with van der Waals surface area (Å²) in [6.45, 7) is -0.0138. The smallest absolute Gasteiger partial charge is 0.407 e. The summed E-state index contributed by atoms with van der Waals surface area (Å²) in [5.41, 5.74) is 4.24. The van der Waals surface area contributed by atoms with Gasteiger partial charge in [-0.2, -0.15) is 13.1 Å². The summed E-state index contributed by atoms with van der Waals surface area (Å²) in [6.07, 6.45) is -0.271. The van der Waals surface area contributed by atoms with Crippen LogP contribution >= 0.6 is 7.14 Å². The fraction of sp³-hybridized carbons (Fsp3) is 0.179. The Hall–Kier alpha value is -5.22. The van der Waals surface area contributed by atoms with Crippen LogP contribution in [-0.2, 0) is 24.4 Å². The van der Waals surface area contributed by atoms with Crippen LogP contribution in [0.2, 0.25) is 0 Å².